The summed E-state index contributed by atoms with van der Waals surface area (Å²) in [5, 5.41) is 0. The summed E-state index contributed by atoms with van der Waals surface area (Å²) < 4.78 is 5.21. The summed E-state index contributed by atoms with van der Waals surface area (Å²) in [6.45, 7) is 2.29. The Hall–Kier alpha value is -1.02. The zero-order chi connectivity index (χ0) is 13.0. The van der Waals surface area contributed by atoms with Crippen LogP contribution in [0, 0.1) is 5.92 Å². The van der Waals surface area contributed by atoms with Crippen molar-refractivity contribution in [2.75, 3.05) is 7.11 Å². The minimum absolute atomic E-state index is 0.129. The van der Waals surface area contributed by atoms with Crippen molar-refractivity contribution in [3.63, 3.8) is 0 Å². The third-order valence-electron chi connectivity index (χ3n) is 4.48. The van der Waals surface area contributed by atoms with E-state index >= 15 is 0 Å². The van der Waals surface area contributed by atoms with Crippen molar-refractivity contribution in [3.05, 3.63) is 29.8 Å². The van der Waals surface area contributed by atoms with Crippen molar-refractivity contribution in [3.8, 4) is 5.75 Å². The van der Waals surface area contributed by atoms with Gasteiger partial charge in [0, 0.05) is 5.54 Å². The Labute approximate surface area is 111 Å². The fraction of sp³-hybridized carbons (Fsp3) is 0.625. The molecular formula is C16H25NO. The second kappa shape index (κ2) is 5.75. The molecule has 2 unspecified atom stereocenters. The molecule has 0 radical (unpaired) electrons. The lowest BCUT2D eigenvalue weighted by atomic mass is 9.83. The number of methoxy groups -OCH3 is 1. The van der Waals surface area contributed by atoms with Crippen molar-refractivity contribution < 1.29 is 4.74 Å². The molecule has 0 saturated heterocycles. The SMILES string of the molecule is CCC1CCCC(N)(c2ccc(OC)cc2)CC1. The van der Waals surface area contributed by atoms with Gasteiger partial charge in [-0.05, 0) is 42.9 Å². The van der Waals surface area contributed by atoms with E-state index in [1.807, 2.05) is 12.1 Å². The van der Waals surface area contributed by atoms with Crippen LogP contribution in [-0.4, -0.2) is 7.11 Å². The molecule has 1 fully saturated rings. The number of rotatable bonds is 3. The largest absolute Gasteiger partial charge is 0.497 e. The molecule has 0 aliphatic heterocycles. The first kappa shape index (κ1) is 13.4. The molecule has 0 spiro atoms. The Morgan fingerprint density at radius 3 is 2.56 bits per heavy atom. The van der Waals surface area contributed by atoms with Gasteiger partial charge in [-0.25, -0.2) is 0 Å². The van der Waals surface area contributed by atoms with Crippen LogP contribution in [-0.2, 0) is 5.54 Å². The molecule has 1 aliphatic carbocycles. The molecule has 1 saturated carbocycles. The molecule has 2 atom stereocenters. The molecule has 2 nitrogen and oxygen atoms in total. The van der Waals surface area contributed by atoms with E-state index in [9.17, 15) is 0 Å². The number of hydrogen-bond acceptors (Lipinski definition) is 2. The third-order valence-corrected chi connectivity index (χ3v) is 4.48. The standard InChI is InChI=1S/C16H25NO/c1-3-13-5-4-11-16(17,12-10-13)14-6-8-15(18-2)9-7-14/h6-9,13H,3-5,10-12,17H2,1-2H3. The normalized spacial score (nSPS) is 28.7. The van der Waals surface area contributed by atoms with Crippen molar-refractivity contribution >= 4 is 0 Å². The fourth-order valence-corrected chi connectivity index (χ4v) is 3.06. The van der Waals surface area contributed by atoms with Crippen molar-refractivity contribution in [2.24, 2.45) is 11.7 Å². The van der Waals surface area contributed by atoms with E-state index in [2.05, 4.69) is 19.1 Å². The maximum absolute atomic E-state index is 6.65. The first-order chi connectivity index (χ1) is 8.68. The molecule has 0 bridgehead atoms. The van der Waals surface area contributed by atoms with Crippen LogP contribution in [0.2, 0.25) is 0 Å². The number of benzene rings is 1. The molecule has 1 aliphatic rings. The predicted octanol–water partition coefficient (Wildman–Crippen LogP) is 3.84. The average molecular weight is 247 g/mol. The lowest BCUT2D eigenvalue weighted by molar-refractivity contribution is 0.370. The summed E-state index contributed by atoms with van der Waals surface area (Å²) in [6.07, 6.45) is 7.36. The van der Waals surface area contributed by atoms with E-state index < -0.39 is 0 Å². The van der Waals surface area contributed by atoms with Crippen LogP contribution in [0.25, 0.3) is 0 Å². The van der Waals surface area contributed by atoms with Gasteiger partial charge in [-0.1, -0.05) is 38.3 Å². The molecule has 0 amide bonds. The molecule has 1 aromatic carbocycles. The van der Waals surface area contributed by atoms with Crippen LogP contribution in [0.3, 0.4) is 0 Å². The van der Waals surface area contributed by atoms with E-state index in [-0.39, 0.29) is 5.54 Å². The summed E-state index contributed by atoms with van der Waals surface area (Å²) in [4.78, 5) is 0. The van der Waals surface area contributed by atoms with Gasteiger partial charge in [0.2, 0.25) is 0 Å². The quantitative estimate of drug-likeness (QED) is 0.824. The van der Waals surface area contributed by atoms with Crippen molar-refractivity contribution in [2.45, 2.75) is 51.0 Å². The fourth-order valence-electron chi connectivity index (χ4n) is 3.06. The monoisotopic (exact) mass is 247 g/mol. The highest BCUT2D eigenvalue weighted by molar-refractivity contribution is 5.31. The molecule has 100 valence electrons. The van der Waals surface area contributed by atoms with Gasteiger partial charge < -0.3 is 10.5 Å². The topological polar surface area (TPSA) is 35.2 Å². The van der Waals surface area contributed by atoms with Crippen LogP contribution in [0.5, 0.6) is 5.75 Å². The Bertz CT molecular complexity index is 373. The Balaban J connectivity index is 2.13. The van der Waals surface area contributed by atoms with Crippen LogP contribution in [0.4, 0.5) is 0 Å². The van der Waals surface area contributed by atoms with Gasteiger partial charge in [0.25, 0.3) is 0 Å². The van der Waals surface area contributed by atoms with E-state index in [0.29, 0.717) is 0 Å². The van der Waals surface area contributed by atoms with Gasteiger partial charge >= 0.3 is 0 Å². The van der Waals surface area contributed by atoms with Gasteiger partial charge in [0.1, 0.15) is 5.75 Å². The minimum Gasteiger partial charge on any atom is -0.497 e. The van der Waals surface area contributed by atoms with Crippen LogP contribution in [0.15, 0.2) is 24.3 Å². The number of ether oxygens (including phenoxy) is 1. The van der Waals surface area contributed by atoms with E-state index in [1.54, 1.807) is 7.11 Å². The second-order valence-corrected chi connectivity index (χ2v) is 5.59. The summed E-state index contributed by atoms with van der Waals surface area (Å²) in [7, 11) is 1.70. The van der Waals surface area contributed by atoms with E-state index in [4.69, 9.17) is 10.5 Å². The van der Waals surface area contributed by atoms with Gasteiger partial charge in [-0.15, -0.1) is 0 Å². The Morgan fingerprint density at radius 1 is 1.22 bits per heavy atom. The van der Waals surface area contributed by atoms with Crippen molar-refractivity contribution in [1.82, 2.24) is 0 Å². The zero-order valence-corrected chi connectivity index (χ0v) is 11.6. The van der Waals surface area contributed by atoms with E-state index in [1.165, 1.54) is 31.2 Å². The second-order valence-electron chi connectivity index (χ2n) is 5.59. The first-order valence-electron chi connectivity index (χ1n) is 7.11. The van der Waals surface area contributed by atoms with Crippen LogP contribution < -0.4 is 10.5 Å². The Morgan fingerprint density at radius 2 is 1.94 bits per heavy atom. The Kier molecular flexibility index (Phi) is 4.28. The maximum atomic E-state index is 6.65. The molecule has 0 heterocycles. The molecule has 2 rings (SSSR count). The average Bonchev–Trinajstić information content (AvgIpc) is 2.61. The highest BCUT2D eigenvalue weighted by atomic mass is 16.5. The number of hydrogen-bond donors (Lipinski definition) is 1. The highest BCUT2D eigenvalue weighted by Gasteiger charge is 2.30. The van der Waals surface area contributed by atoms with Gasteiger partial charge in [0.15, 0.2) is 0 Å². The number of nitrogens with two attached hydrogens (primary N) is 1. The third kappa shape index (κ3) is 2.86. The lowest BCUT2D eigenvalue weighted by Crippen LogP contribution is -2.36. The summed E-state index contributed by atoms with van der Waals surface area (Å²) >= 11 is 0. The molecule has 18 heavy (non-hydrogen) atoms. The zero-order valence-electron chi connectivity index (χ0n) is 11.6. The molecule has 2 N–H and O–H groups in total. The smallest absolute Gasteiger partial charge is 0.118 e. The molecule has 0 aromatic heterocycles. The maximum Gasteiger partial charge on any atom is 0.118 e. The van der Waals surface area contributed by atoms with Crippen LogP contribution in [0.1, 0.15) is 51.0 Å². The summed E-state index contributed by atoms with van der Waals surface area (Å²) in [5.74, 6) is 1.77. The minimum atomic E-state index is -0.129. The van der Waals surface area contributed by atoms with Gasteiger partial charge in [0.05, 0.1) is 7.11 Å². The predicted molar refractivity (Wildman–Crippen MR) is 75.7 cm³/mol. The van der Waals surface area contributed by atoms with Crippen LogP contribution >= 0.6 is 0 Å². The highest BCUT2D eigenvalue weighted by Crippen LogP contribution is 2.37. The van der Waals surface area contributed by atoms with E-state index in [0.717, 1.165) is 24.5 Å². The van der Waals surface area contributed by atoms with Gasteiger partial charge in [-0.2, -0.15) is 0 Å². The molecular weight excluding hydrogens is 222 g/mol. The molecule has 1 aromatic rings. The molecule has 2 heteroatoms. The summed E-state index contributed by atoms with van der Waals surface area (Å²) in [6, 6.07) is 8.30. The lowest BCUT2D eigenvalue weighted by Gasteiger charge is -2.29. The van der Waals surface area contributed by atoms with Gasteiger partial charge in [-0.3, -0.25) is 0 Å². The first-order valence-corrected chi connectivity index (χ1v) is 7.11. The van der Waals surface area contributed by atoms with Crippen molar-refractivity contribution in [1.29, 1.82) is 0 Å². The summed E-state index contributed by atoms with van der Waals surface area (Å²) in [5.41, 5.74) is 7.78.